The van der Waals surface area contributed by atoms with Crippen LogP contribution in [0, 0.1) is 6.92 Å². The van der Waals surface area contributed by atoms with Crippen LogP contribution in [0.25, 0.3) is 32.7 Å². The van der Waals surface area contributed by atoms with Gasteiger partial charge in [0.15, 0.2) is 0 Å². The molecule has 0 bridgehead atoms. The van der Waals surface area contributed by atoms with Crippen molar-refractivity contribution in [1.29, 1.82) is 0 Å². The molecule has 1 aliphatic rings. The zero-order valence-electron chi connectivity index (χ0n) is 33.4. The van der Waals surface area contributed by atoms with E-state index in [0.29, 0.717) is 0 Å². The van der Waals surface area contributed by atoms with Crippen molar-refractivity contribution in [2.75, 3.05) is 9.80 Å². The molecule has 0 spiro atoms. The lowest BCUT2D eigenvalue weighted by Crippen LogP contribution is -2.29. The first-order valence-electron chi connectivity index (χ1n) is 20.8. The Kier molecular flexibility index (Phi) is 8.64. The van der Waals surface area contributed by atoms with Gasteiger partial charge in [-0.1, -0.05) is 181 Å². The Morgan fingerprint density at radius 1 is 0.317 bits per heavy atom. The molecule has 60 heavy (non-hydrogen) atoms. The van der Waals surface area contributed by atoms with E-state index in [-0.39, 0.29) is 0 Å². The lowest BCUT2D eigenvalue weighted by molar-refractivity contribution is 0.768. The summed E-state index contributed by atoms with van der Waals surface area (Å²) in [5.41, 5.74) is 14.8. The van der Waals surface area contributed by atoms with E-state index in [4.69, 9.17) is 0 Å². The van der Waals surface area contributed by atoms with Gasteiger partial charge in [0.25, 0.3) is 0 Å². The van der Waals surface area contributed by atoms with Gasteiger partial charge >= 0.3 is 0 Å². The summed E-state index contributed by atoms with van der Waals surface area (Å²) in [7, 11) is 0. The Labute approximate surface area is 351 Å². The van der Waals surface area contributed by atoms with Crippen molar-refractivity contribution >= 4 is 55.7 Å². The predicted octanol–water partition coefficient (Wildman–Crippen LogP) is 15.6. The van der Waals surface area contributed by atoms with Crippen molar-refractivity contribution < 1.29 is 0 Å². The number of benzene rings is 10. The van der Waals surface area contributed by atoms with Crippen molar-refractivity contribution in [3.8, 4) is 11.1 Å². The van der Waals surface area contributed by atoms with Crippen LogP contribution >= 0.6 is 0 Å². The summed E-state index contributed by atoms with van der Waals surface area (Å²) in [5, 5.41) is 4.84. The van der Waals surface area contributed by atoms with Gasteiger partial charge in [-0.3, -0.25) is 0 Å². The molecule has 0 atom stereocenters. The fraction of sp³-hybridized carbons (Fsp3) is 0.0345. The van der Waals surface area contributed by atoms with Crippen molar-refractivity contribution in [2.45, 2.75) is 12.3 Å². The number of fused-ring (bicyclic) bond motifs is 5. The Hall–Kier alpha value is -7.68. The summed E-state index contributed by atoms with van der Waals surface area (Å²) in [4.78, 5) is 4.86. The SMILES string of the molecule is Cc1ccc(C2(c3ccccc3)c3cc(N(c4ccccc4)c4cccc5ccccc45)ccc3-c3ccc(N(c4ccccc4)c4cccc5ccccc45)cc32)cc1. The maximum atomic E-state index is 2.47. The van der Waals surface area contributed by atoms with E-state index in [2.05, 4.69) is 253 Å². The highest BCUT2D eigenvalue weighted by Gasteiger charge is 2.47. The Morgan fingerprint density at radius 2 is 0.717 bits per heavy atom. The molecule has 0 aliphatic heterocycles. The van der Waals surface area contributed by atoms with Crippen molar-refractivity contribution in [2.24, 2.45) is 0 Å². The minimum atomic E-state index is -0.631. The summed E-state index contributed by atoms with van der Waals surface area (Å²) in [5.74, 6) is 0. The highest BCUT2D eigenvalue weighted by Crippen LogP contribution is 2.58. The third kappa shape index (κ3) is 5.72. The third-order valence-corrected chi connectivity index (χ3v) is 12.4. The molecule has 10 aromatic rings. The van der Waals surface area contributed by atoms with Crippen molar-refractivity contribution in [3.05, 3.63) is 264 Å². The summed E-state index contributed by atoms with van der Waals surface area (Å²) >= 11 is 0. The van der Waals surface area contributed by atoms with E-state index in [1.807, 2.05) is 0 Å². The van der Waals surface area contributed by atoms with Gasteiger partial charge in [-0.05, 0) is 112 Å². The van der Waals surface area contributed by atoms with Gasteiger partial charge in [0.05, 0.1) is 16.8 Å². The molecule has 2 nitrogen and oxygen atoms in total. The molecular weight excluding hydrogens is 725 g/mol. The van der Waals surface area contributed by atoms with Gasteiger partial charge in [-0.15, -0.1) is 0 Å². The minimum absolute atomic E-state index is 0.631. The Bertz CT molecular complexity index is 2970. The van der Waals surface area contributed by atoms with E-state index in [1.54, 1.807) is 0 Å². The number of rotatable bonds is 8. The molecule has 0 aromatic heterocycles. The fourth-order valence-electron chi connectivity index (χ4n) is 9.67. The molecule has 284 valence electrons. The summed E-state index contributed by atoms with van der Waals surface area (Å²) < 4.78 is 0. The number of aryl methyl sites for hydroxylation is 1. The fourth-order valence-corrected chi connectivity index (χ4v) is 9.67. The monoisotopic (exact) mass is 766 g/mol. The van der Waals surface area contributed by atoms with Gasteiger partial charge in [-0.25, -0.2) is 0 Å². The first-order valence-corrected chi connectivity index (χ1v) is 20.8. The number of nitrogens with zero attached hydrogens (tertiary/aromatic N) is 2. The first kappa shape index (κ1) is 35.5. The van der Waals surface area contributed by atoms with Crippen LogP contribution < -0.4 is 9.80 Å². The van der Waals surface area contributed by atoms with Gasteiger partial charge in [0.2, 0.25) is 0 Å². The third-order valence-electron chi connectivity index (χ3n) is 12.4. The number of para-hydroxylation sites is 2. The van der Waals surface area contributed by atoms with Crippen molar-refractivity contribution in [1.82, 2.24) is 0 Å². The highest BCUT2D eigenvalue weighted by atomic mass is 15.1. The molecule has 0 unspecified atom stereocenters. The average molecular weight is 767 g/mol. The number of hydrogen-bond donors (Lipinski definition) is 0. The lowest BCUT2D eigenvalue weighted by Gasteiger charge is -2.36. The molecule has 0 heterocycles. The van der Waals surface area contributed by atoms with Crippen LogP contribution in [0.4, 0.5) is 34.1 Å². The topological polar surface area (TPSA) is 6.48 Å². The van der Waals surface area contributed by atoms with Crippen LogP contribution in [0.2, 0.25) is 0 Å². The Balaban J connectivity index is 1.20. The second kappa shape index (κ2) is 14.6. The van der Waals surface area contributed by atoms with Crippen LogP contribution in [0.3, 0.4) is 0 Å². The molecule has 10 aromatic carbocycles. The van der Waals surface area contributed by atoms with Gasteiger partial charge in [0.1, 0.15) is 0 Å². The first-order chi connectivity index (χ1) is 29.7. The molecule has 1 aliphatic carbocycles. The smallest absolute Gasteiger partial charge is 0.0715 e. The quantitative estimate of drug-likeness (QED) is 0.152. The van der Waals surface area contributed by atoms with E-state index < -0.39 is 5.41 Å². The number of hydrogen-bond acceptors (Lipinski definition) is 2. The van der Waals surface area contributed by atoms with Gasteiger partial charge in [-0.2, -0.15) is 0 Å². The van der Waals surface area contributed by atoms with E-state index in [0.717, 1.165) is 34.1 Å². The zero-order chi connectivity index (χ0) is 40.0. The molecule has 0 saturated carbocycles. The standard InChI is InChI=1S/C58H42N2/c1-41-31-33-45(34-32-41)58(44-21-5-2-6-22-44)54-39-48(59(46-23-7-3-8-24-46)56-29-15-19-42-17-11-13-27-50(42)56)35-37-52(54)53-38-36-49(40-55(53)58)60(47-25-9-4-10-26-47)57-30-16-20-43-18-12-14-28-51(43)57/h2-40H,1H3. The summed E-state index contributed by atoms with van der Waals surface area (Å²) in [6, 6.07) is 86.9. The van der Waals surface area contributed by atoms with E-state index in [1.165, 1.54) is 60.5 Å². The second-order valence-corrected chi connectivity index (χ2v) is 15.8. The summed E-state index contributed by atoms with van der Waals surface area (Å²) in [6.07, 6.45) is 0. The van der Waals surface area contributed by atoms with Crippen LogP contribution in [-0.2, 0) is 5.41 Å². The number of anilines is 6. The molecule has 2 heteroatoms. The van der Waals surface area contributed by atoms with Crippen LogP contribution in [0.1, 0.15) is 27.8 Å². The normalized spacial score (nSPS) is 12.6. The molecule has 0 saturated heterocycles. The molecule has 0 N–H and O–H groups in total. The zero-order valence-corrected chi connectivity index (χ0v) is 33.4. The molecule has 0 amide bonds. The van der Waals surface area contributed by atoms with E-state index >= 15 is 0 Å². The van der Waals surface area contributed by atoms with Gasteiger partial charge in [0, 0.05) is 33.5 Å². The van der Waals surface area contributed by atoms with Crippen LogP contribution in [0.5, 0.6) is 0 Å². The van der Waals surface area contributed by atoms with Crippen LogP contribution in [-0.4, -0.2) is 0 Å². The predicted molar refractivity (Wildman–Crippen MR) is 253 cm³/mol. The molecule has 11 rings (SSSR count). The molecule has 0 radical (unpaired) electrons. The maximum Gasteiger partial charge on any atom is 0.0715 e. The second-order valence-electron chi connectivity index (χ2n) is 15.8. The molecule has 0 fully saturated rings. The summed E-state index contributed by atoms with van der Waals surface area (Å²) in [6.45, 7) is 2.18. The van der Waals surface area contributed by atoms with Crippen LogP contribution in [0.15, 0.2) is 237 Å². The average Bonchev–Trinajstić information content (AvgIpc) is 3.60. The molecular formula is C58H42N2. The maximum absolute atomic E-state index is 2.47. The lowest BCUT2D eigenvalue weighted by atomic mass is 9.67. The minimum Gasteiger partial charge on any atom is -0.310 e. The van der Waals surface area contributed by atoms with E-state index in [9.17, 15) is 0 Å². The van der Waals surface area contributed by atoms with Crippen molar-refractivity contribution in [3.63, 3.8) is 0 Å². The highest BCUT2D eigenvalue weighted by molar-refractivity contribution is 6.01. The largest absolute Gasteiger partial charge is 0.310 e. The van der Waals surface area contributed by atoms with Gasteiger partial charge < -0.3 is 9.80 Å². The Morgan fingerprint density at radius 3 is 1.20 bits per heavy atom.